The summed E-state index contributed by atoms with van der Waals surface area (Å²) in [5.41, 5.74) is 13.0. The third kappa shape index (κ3) is 8.20. The molecule has 0 saturated carbocycles. The standard InChI is InChI=1S/C52H41N2/c1-5-13-47(14-6-1)52(48-15-7-2-8-16-48)53-39-37-44(38-40-53)24-23-42-27-33-46(34-28-42)45-31-25-41(26-32-45)21-22-43-29-35-51(36-30-43)54(49-17-9-3-10-18-49)50-19-11-4-12-20-50/h1-40,52H/q+1. The van der Waals surface area contributed by atoms with Gasteiger partial charge in [0.2, 0.25) is 6.04 Å². The minimum absolute atomic E-state index is 0.123. The van der Waals surface area contributed by atoms with Crippen LogP contribution in [-0.4, -0.2) is 0 Å². The molecule has 0 fully saturated rings. The van der Waals surface area contributed by atoms with Crippen molar-refractivity contribution in [3.05, 3.63) is 252 Å². The lowest BCUT2D eigenvalue weighted by molar-refractivity contribution is -0.704. The first kappa shape index (κ1) is 34.1. The second-order valence-corrected chi connectivity index (χ2v) is 13.3. The first-order chi connectivity index (χ1) is 26.8. The molecule has 0 bridgehead atoms. The fourth-order valence-electron chi connectivity index (χ4n) is 6.83. The fraction of sp³-hybridized carbons (Fsp3) is 0.0192. The average Bonchev–Trinajstić information content (AvgIpc) is 3.25. The number of rotatable bonds is 11. The van der Waals surface area contributed by atoms with Gasteiger partial charge in [-0.1, -0.05) is 182 Å². The van der Waals surface area contributed by atoms with E-state index in [-0.39, 0.29) is 6.04 Å². The third-order valence-corrected chi connectivity index (χ3v) is 9.68. The summed E-state index contributed by atoms with van der Waals surface area (Å²) in [7, 11) is 0. The van der Waals surface area contributed by atoms with Crippen LogP contribution in [0, 0.1) is 0 Å². The Bertz CT molecular complexity index is 2160. The van der Waals surface area contributed by atoms with E-state index in [9.17, 15) is 0 Å². The summed E-state index contributed by atoms with van der Waals surface area (Å²) in [6.07, 6.45) is 13.1. The monoisotopic (exact) mass is 693 g/mol. The highest BCUT2D eigenvalue weighted by molar-refractivity contribution is 5.78. The van der Waals surface area contributed by atoms with Crippen LogP contribution in [0.4, 0.5) is 17.1 Å². The lowest BCUT2D eigenvalue weighted by Crippen LogP contribution is -2.40. The van der Waals surface area contributed by atoms with Crippen molar-refractivity contribution in [2.45, 2.75) is 6.04 Å². The van der Waals surface area contributed by atoms with Crippen LogP contribution in [0.1, 0.15) is 39.4 Å². The molecule has 0 N–H and O–H groups in total. The van der Waals surface area contributed by atoms with Crippen LogP contribution in [0.25, 0.3) is 35.4 Å². The van der Waals surface area contributed by atoms with E-state index in [1.165, 1.54) is 33.4 Å². The second-order valence-electron chi connectivity index (χ2n) is 13.3. The summed E-state index contributed by atoms with van der Waals surface area (Å²) in [6, 6.07) is 73.1. The number of hydrogen-bond acceptors (Lipinski definition) is 1. The van der Waals surface area contributed by atoms with Crippen molar-refractivity contribution >= 4 is 41.4 Å². The zero-order chi connectivity index (χ0) is 36.4. The molecule has 7 aromatic carbocycles. The van der Waals surface area contributed by atoms with Crippen molar-refractivity contribution in [1.29, 1.82) is 0 Å². The molecule has 0 aliphatic heterocycles. The number of anilines is 3. The minimum atomic E-state index is 0.123. The average molecular weight is 694 g/mol. The molecule has 0 aliphatic rings. The van der Waals surface area contributed by atoms with Crippen molar-refractivity contribution in [3.63, 3.8) is 0 Å². The highest BCUT2D eigenvalue weighted by atomic mass is 15.1. The molecule has 1 heterocycles. The second kappa shape index (κ2) is 16.5. The Labute approximate surface area is 318 Å². The first-order valence-electron chi connectivity index (χ1n) is 18.4. The van der Waals surface area contributed by atoms with E-state index in [1.807, 2.05) is 0 Å². The number of hydrogen-bond donors (Lipinski definition) is 0. The molecule has 0 spiro atoms. The largest absolute Gasteiger partial charge is 0.311 e. The van der Waals surface area contributed by atoms with E-state index in [1.54, 1.807) is 0 Å². The van der Waals surface area contributed by atoms with E-state index in [0.717, 1.165) is 28.2 Å². The molecule has 258 valence electrons. The van der Waals surface area contributed by atoms with Gasteiger partial charge in [0.25, 0.3) is 0 Å². The van der Waals surface area contributed by atoms with Crippen LogP contribution in [0.2, 0.25) is 0 Å². The highest BCUT2D eigenvalue weighted by Gasteiger charge is 2.22. The van der Waals surface area contributed by atoms with Crippen molar-refractivity contribution in [1.82, 2.24) is 0 Å². The molecule has 0 saturated heterocycles. The molecule has 0 amide bonds. The first-order valence-corrected chi connectivity index (χ1v) is 18.4. The molecule has 2 heteroatoms. The van der Waals surface area contributed by atoms with Crippen molar-refractivity contribution < 1.29 is 4.57 Å². The summed E-state index contributed by atoms with van der Waals surface area (Å²) in [5, 5.41) is 0. The van der Waals surface area contributed by atoms with Crippen LogP contribution in [0.15, 0.2) is 219 Å². The zero-order valence-corrected chi connectivity index (χ0v) is 30.1. The van der Waals surface area contributed by atoms with Gasteiger partial charge in [0.15, 0.2) is 12.4 Å². The SMILES string of the molecule is C(=C\c1ccc(N(c2ccccc2)c2ccccc2)cc1)/c1ccc(-c2ccc(/C=C/c3cc[n+](C(c4ccccc4)c4ccccc4)cc3)cc2)cc1. The number of benzene rings is 7. The minimum Gasteiger partial charge on any atom is -0.311 e. The summed E-state index contributed by atoms with van der Waals surface area (Å²) < 4.78 is 2.28. The lowest BCUT2D eigenvalue weighted by atomic mass is 9.98. The van der Waals surface area contributed by atoms with E-state index in [2.05, 4.69) is 252 Å². The number of pyridine rings is 1. The van der Waals surface area contributed by atoms with Gasteiger partial charge in [-0.05, 0) is 69.8 Å². The lowest BCUT2D eigenvalue weighted by Gasteiger charge is -2.25. The molecule has 8 rings (SSSR count). The van der Waals surface area contributed by atoms with Crippen LogP contribution in [-0.2, 0) is 0 Å². The quantitative estimate of drug-likeness (QED) is 0.0966. The van der Waals surface area contributed by atoms with Crippen LogP contribution in [0.5, 0.6) is 0 Å². The Kier molecular flexibility index (Phi) is 10.4. The maximum atomic E-state index is 2.28. The Morgan fingerprint density at radius 1 is 0.315 bits per heavy atom. The predicted molar refractivity (Wildman–Crippen MR) is 228 cm³/mol. The van der Waals surface area contributed by atoms with Crippen molar-refractivity contribution in [2.75, 3.05) is 4.90 Å². The summed E-state index contributed by atoms with van der Waals surface area (Å²) >= 11 is 0. The van der Waals surface area contributed by atoms with Crippen molar-refractivity contribution in [2.24, 2.45) is 0 Å². The number of aromatic nitrogens is 1. The Balaban J connectivity index is 0.904. The predicted octanol–water partition coefficient (Wildman–Crippen LogP) is 13.1. The smallest absolute Gasteiger partial charge is 0.208 e. The van der Waals surface area contributed by atoms with Gasteiger partial charge in [-0.3, -0.25) is 0 Å². The molecule has 0 unspecified atom stereocenters. The Hall–Kier alpha value is -7.03. The van der Waals surface area contributed by atoms with Gasteiger partial charge in [-0.2, -0.15) is 4.57 Å². The summed E-state index contributed by atoms with van der Waals surface area (Å²) in [5.74, 6) is 0. The molecule has 0 radical (unpaired) electrons. The van der Waals surface area contributed by atoms with Gasteiger partial charge in [-0.15, -0.1) is 0 Å². The van der Waals surface area contributed by atoms with Crippen LogP contribution >= 0.6 is 0 Å². The maximum absolute atomic E-state index is 2.28. The normalized spacial score (nSPS) is 11.4. The molecular weight excluding hydrogens is 653 g/mol. The fourth-order valence-corrected chi connectivity index (χ4v) is 6.83. The van der Waals surface area contributed by atoms with Gasteiger partial charge in [-0.25, -0.2) is 0 Å². The van der Waals surface area contributed by atoms with Gasteiger partial charge in [0.1, 0.15) is 0 Å². The molecule has 54 heavy (non-hydrogen) atoms. The van der Waals surface area contributed by atoms with Crippen LogP contribution < -0.4 is 9.47 Å². The highest BCUT2D eigenvalue weighted by Crippen LogP contribution is 2.34. The molecule has 2 nitrogen and oxygen atoms in total. The van der Waals surface area contributed by atoms with Crippen molar-refractivity contribution in [3.8, 4) is 11.1 Å². The molecular formula is C52H41N2+. The maximum Gasteiger partial charge on any atom is 0.208 e. The van der Waals surface area contributed by atoms with Gasteiger partial charge in [0, 0.05) is 40.3 Å². The molecule has 0 aliphatic carbocycles. The van der Waals surface area contributed by atoms with E-state index in [4.69, 9.17) is 0 Å². The van der Waals surface area contributed by atoms with Gasteiger partial charge < -0.3 is 4.90 Å². The topological polar surface area (TPSA) is 7.12 Å². The summed E-state index contributed by atoms with van der Waals surface area (Å²) in [4.78, 5) is 2.28. The van der Waals surface area contributed by atoms with E-state index >= 15 is 0 Å². The molecule has 0 atom stereocenters. The van der Waals surface area contributed by atoms with E-state index < -0.39 is 0 Å². The van der Waals surface area contributed by atoms with Gasteiger partial charge >= 0.3 is 0 Å². The van der Waals surface area contributed by atoms with Gasteiger partial charge in [0.05, 0.1) is 0 Å². The third-order valence-electron chi connectivity index (χ3n) is 9.68. The molecule has 8 aromatic rings. The summed E-state index contributed by atoms with van der Waals surface area (Å²) in [6.45, 7) is 0. The zero-order valence-electron chi connectivity index (χ0n) is 30.1. The Morgan fingerprint density at radius 2 is 0.630 bits per heavy atom. The van der Waals surface area contributed by atoms with E-state index in [0.29, 0.717) is 0 Å². The Morgan fingerprint density at radius 3 is 1.02 bits per heavy atom. The molecule has 1 aromatic heterocycles. The number of nitrogens with zero attached hydrogens (tertiary/aromatic N) is 2. The number of para-hydroxylation sites is 2. The van der Waals surface area contributed by atoms with Crippen LogP contribution in [0.3, 0.4) is 0 Å².